The minimum absolute atomic E-state index is 0.0185. The van der Waals surface area contributed by atoms with Crippen LogP contribution in [-0.2, 0) is 0 Å². The highest BCUT2D eigenvalue weighted by Crippen LogP contribution is 2.27. The second-order valence-corrected chi connectivity index (χ2v) is 2.45. The van der Waals surface area contributed by atoms with Crippen LogP contribution in [-0.4, -0.2) is 15.4 Å². The molecule has 2 aromatic heterocycles. The van der Waals surface area contributed by atoms with Gasteiger partial charge in [-0.15, -0.1) is 5.10 Å². The van der Waals surface area contributed by atoms with E-state index in [1.807, 2.05) is 0 Å². The Bertz CT molecular complexity index is 412. The molecule has 2 heterocycles. The van der Waals surface area contributed by atoms with Gasteiger partial charge in [0.05, 0.1) is 5.69 Å². The molecular weight excluding hydrogens is 174 g/mol. The number of hydrogen-bond donors (Lipinski definition) is 2. The van der Waals surface area contributed by atoms with Crippen LogP contribution >= 0.6 is 0 Å². The zero-order chi connectivity index (χ0) is 9.42. The lowest BCUT2D eigenvalue weighted by atomic mass is 10.2. The summed E-state index contributed by atoms with van der Waals surface area (Å²) in [6.07, 6.45) is 0. The highest BCUT2D eigenvalue weighted by Gasteiger charge is 2.17. The molecule has 0 spiro atoms. The van der Waals surface area contributed by atoms with Crippen molar-refractivity contribution in [2.45, 2.75) is 6.92 Å². The van der Waals surface area contributed by atoms with Crippen molar-refractivity contribution in [2.75, 3.05) is 11.5 Å². The molecule has 13 heavy (non-hydrogen) atoms. The molecule has 0 saturated heterocycles. The molecule has 68 valence electrons. The number of hydrogen-bond acceptors (Lipinski definition) is 7. The van der Waals surface area contributed by atoms with Gasteiger partial charge in [0.25, 0.3) is 5.89 Å². The lowest BCUT2D eigenvalue weighted by Crippen LogP contribution is -1.86. The van der Waals surface area contributed by atoms with Crippen molar-refractivity contribution < 1.29 is 8.94 Å². The van der Waals surface area contributed by atoms with Crippen LogP contribution in [0.3, 0.4) is 0 Å². The standard InChI is InChI=1S/C6H7N5O2/c1-2-3(4(7)13-11-2)5-9-10-6(8)12-5/h7H2,1H3,(H2,8,10). The summed E-state index contributed by atoms with van der Waals surface area (Å²) in [5, 5.41) is 10.8. The van der Waals surface area contributed by atoms with Gasteiger partial charge in [0, 0.05) is 0 Å². The van der Waals surface area contributed by atoms with E-state index in [1.165, 1.54) is 0 Å². The van der Waals surface area contributed by atoms with E-state index in [9.17, 15) is 0 Å². The first-order valence-electron chi connectivity index (χ1n) is 3.49. The van der Waals surface area contributed by atoms with Crippen LogP contribution in [0.25, 0.3) is 11.5 Å². The predicted octanol–water partition coefficient (Wildman–Crippen LogP) is 0.197. The highest BCUT2D eigenvalue weighted by atomic mass is 16.5. The topological polar surface area (TPSA) is 117 Å². The fraction of sp³-hybridized carbons (Fsp3) is 0.167. The predicted molar refractivity (Wildman–Crippen MR) is 43.4 cm³/mol. The van der Waals surface area contributed by atoms with E-state index in [4.69, 9.17) is 20.4 Å². The molecule has 2 aromatic rings. The Balaban J connectivity index is 2.57. The molecule has 0 atom stereocenters. The number of aromatic nitrogens is 3. The molecule has 0 radical (unpaired) electrons. The van der Waals surface area contributed by atoms with E-state index in [0.29, 0.717) is 11.3 Å². The Morgan fingerprint density at radius 2 is 2.00 bits per heavy atom. The molecule has 0 aliphatic rings. The van der Waals surface area contributed by atoms with E-state index in [2.05, 4.69) is 15.4 Å². The summed E-state index contributed by atoms with van der Waals surface area (Å²) < 4.78 is 9.68. The molecular formula is C6H7N5O2. The van der Waals surface area contributed by atoms with Crippen molar-refractivity contribution >= 4 is 11.9 Å². The van der Waals surface area contributed by atoms with Crippen molar-refractivity contribution in [1.29, 1.82) is 0 Å². The fourth-order valence-electron chi connectivity index (χ4n) is 0.983. The number of nitrogens with zero attached hydrogens (tertiary/aromatic N) is 3. The maximum absolute atomic E-state index is 5.48. The van der Waals surface area contributed by atoms with Gasteiger partial charge in [0.15, 0.2) is 0 Å². The Hall–Kier alpha value is -2.05. The smallest absolute Gasteiger partial charge is 0.313 e. The van der Waals surface area contributed by atoms with Gasteiger partial charge in [-0.2, -0.15) is 0 Å². The second-order valence-electron chi connectivity index (χ2n) is 2.45. The monoisotopic (exact) mass is 181 g/mol. The van der Waals surface area contributed by atoms with Crippen LogP contribution in [0.4, 0.5) is 11.9 Å². The van der Waals surface area contributed by atoms with Gasteiger partial charge in [-0.3, -0.25) is 0 Å². The third-order valence-corrected chi connectivity index (χ3v) is 1.54. The number of nitrogen functional groups attached to an aromatic ring is 2. The van der Waals surface area contributed by atoms with Crippen LogP contribution < -0.4 is 11.5 Å². The molecule has 0 aliphatic carbocycles. The summed E-state index contributed by atoms with van der Waals surface area (Å²) in [5.41, 5.74) is 11.8. The van der Waals surface area contributed by atoms with Crippen LogP contribution in [0.15, 0.2) is 8.94 Å². The summed E-state index contributed by atoms with van der Waals surface area (Å²) in [6.45, 7) is 1.72. The van der Waals surface area contributed by atoms with Crippen LogP contribution in [0.2, 0.25) is 0 Å². The van der Waals surface area contributed by atoms with Gasteiger partial charge in [0.1, 0.15) is 5.56 Å². The molecule has 0 bridgehead atoms. The number of rotatable bonds is 1. The molecule has 0 aliphatic heterocycles. The number of nitrogens with two attached hydrogens (primary N) is 2. The van der Waals surface area contributed by atoms with Crippen molar-refractivity contribution in [3.63, 3.8) is 0 Å². The van der Waals surface area contributed by atoms with Gasteiger partial charge >= 0.3 is 6.01 Å². The maximum Gasteiger partial charge on any atom is 0.313 e. The SMILES string of the molecule is Cc1noc(N)c1-c1nnc(N)o1. The molecule has 0 fully saturated rings. The summed E-state index contributed by atoms with van der Waals surface area (Å²) >= 11 is 0. The maximum atomic E-state index is 5.48. The Labute approximate surface area is 72.7 Å². The molecule has 0 saturated carbocycles. The lowest BCUT2D eigenvalue weighted by molar-refractivity contribution is 0.431. The van der Waals surface area contributed by atoms with Gasteiger partial charge in [0.2, 0.25) is 5.88 Å². The highest BCUT2D eigenvalue weighted by molar-refractivity contribution is 5.67. The number of aryl methyl sites for hydroxylation is 1. The van der Waals surface area contributed by atoms with Crippen LogP contribution in [0, 0.1) is 6.92 Å². The van der Waals surface area contributed by atoms with E-state index >= 15 is 0 Å². The fourth-order valence-corrected chi connectivity index (χ4v) is 0.983. The first-order chi connectivity index (χ1) is 6.18. The Kier molecular flexibility index (Phi) is 1.44. The quantitative estimate of drug-likeness (QED) is 0.644. The summed E-state index contributed by atoms with van der Waals surface area (Å²) in [7, 11) is 0. The average Bonchev–Trinajstić information content (AvgIpc) is 2.60. The molecule has 0 aromatic carbocycles. The molecule has 7 nitrogen and oxygen atoms in total. The second kappa shape index (κ2) is 2.47. The normalized spacial score (nSPS) is 10.5. The molecule has 7 heteroatoms. The van der Waals surface area contributed by atoms with Crippen LogP contribution in [0.5, 0.6) is 0 Å². The van der Waals surface area contributed by atoms with Crippen molar-refractivity contribution in [1.82, 2.24) is 15.4 Å². The largest absolute Gasteiger partial charge is 0.403 e. The zero-order valence-corrected chi connectivity index (χ0v) is 6.81. The number of anilines is 2. The third-order valence-electron chi connectivity index (χ3n) is 1.54. The van der Waals surface area contributed by atoms with Crippen molar-refractivity contribution in [3.05, 3.63) is 5.69 Å². The van der Waals surface area contributed by atoms with E-state index < -0.39 is 0 Å². The first-order valence-corrected chi connectivity index (χ1v) is 3.49. The van der Waals surface area contributed by atoms with Crippen molar-refractivity contribution in [2.24, 2.45) is 0 Å². The Morgan fingerprint density at radius 1 is 1.23 bits per heavy atom. The van der Waals surface area contributed by atoms with E-state index in [0.717, 1.165) is 0 Å². The summed E-state index contributed by atoms with van der Waals surface area (Å²) in [6, 6.07) is -0.0185. The molecule has 2 rings (SSSR count). The zero-order valence-electron chi connectivity index (χ0n) is 6.81. The van der Waals surface area contributed by atoms with Gasteiger partial charge in [-0.25, -0.2) is 0 Å². The van der Waals surface area contributed by atoms with Crippen molar-refractivity contribution in [3.8, 4) is 11.5 Å². The van der Waals surface area contributed by atoms with E-state index in [-0.39, 0.29) is 17.8 Å². The Morgan fingerprint density at radius 3 is 2.46 bits per heavy atom. The minimum Gasteiger partial charge on any atom is -0.403 e. The average molecular weight is 181 g/mol. The first kappa shape index (κ1) is 7.59. The van der Waals surface area contributed by atoms with E-state index in [1.54, 1.807) is 6.92 Å². The molecule has 4 N–H and O–H groups in total. The lowest BCUT2D eigenvalue weighted by Gasteiger charge is -1.88. The molecule has 0 amide bonds. The van der Waals surface area contributed by atoms with Crippen LogP contribution in [0.1, 0.15) is 5.69 Å². The van der Waals surface area contributed by atoms with Gasteiger partial charge < -0.3 is 20.4 Å². The third kappa shape index (κ3) is 1.10. The summed E-state index contributed by atoms with van der Waals surface area (Å²) in [4.78, 5) is 0. The minimum atomic E-state index is -0.0185. The summed E-state index contributed by atoms with van der Waals surface area (Å²) in [5.74, 6) is 0.356. The van der Waals surface area contributed by atoms with Gasteiger partial charge in [-0.05, 0) is 6.92 Å². The van der Waals surface area contributed by atoms with Gasteiger partial charge in [-0.1, -0.05) is 10.3 Å². The molecule has 0 unspecified atom stereocenters.